The lowest BCUT2D eigenvalue weighted by atomic mass is 10.1. The average Bonchev–Trinajstić information content (AvgIpc) is 3.01. The number of nitrogens with zero attached hydrogens (tertiary/aromatic N) is 4. The molecule has 2 rings (SSSR count). The van der Waals surface area contributed by atoms with Crippen molar-refractivity contribution in [2.75, 3.05) is 18.1 Å². The monoisotopic (exact) mass is 424 g/mol. The van der Waals surface area contributed by atoms with Crippen LogP contribution in [-0.2, 0) is 20.8 Å². The molecule has 0 aliphatic rings. The van der Waals surface area contributed by atoms with Crippen LogP contribution in [0.15, 0.2) is 4.79 Å². The van der Waals surface area contributed by atoms with E-state index in [1.54, 1.807) is 34.6 Å². The van der Waals surface area contributed by atoms with Gasteiger partial charge in [-0.1, -0.05) is 25.2 Å². The normalized spacial score (nSPS) is 11.7. The van der Waals surface area contributed by atoms with Gasteiger partial charge in [0.15, 0.2) is 5.13 Å². The van der Waals surface area contributed by atoms with Gasteiger partial charge < -0.3 is 9.47 Å². The van der Waals surface area contributed by atoms with Gasteiger partial charge in [-0.15, -0.1) is 0 Å². The molecule has 0 aliphatic heterocycles. The molecule has 0 N–H and O–H groups in total. The molecule has 0 aliphatic carbocycles. The van der Waals surface area contributed by atoms with Crippen LogP contribution >= 0.6 is 11.3 Å². The van der Waals surface area contributed by atoms with Crippen LogP contribution in [0.3, 0.4) is 0 Å². The molecule has 0 unspecified atom stereocenters. The van der Waals surface area contributed by atoms with Crippen LogP contribution in [0.5, 0.6) is 0 Å². The highest BCUT2D eigenvalue weighted by Crippen LogP contribution is 2.31. The van der Waals surface area contributed by atoms with Gasteiger partial charge in [-0.3, -0.25) is 14.5 Å². The van der Waals surface area contributed by atoms with Crippen LogP contribution in [0.2, 0.25) is 0 Å². The zero-order chi connectivity index (χ0) is 21.9. The van der Waals surface area contributed by atoms with Gasteiger partial charge in [0.05, 0.1) is 12.3 Å². The van der Waals surface area contributed by atoms with Crippen molar-refractivity contribution in [3.63, 3.8) is 0 Å². The van der Waals surface area contributed by atoms with Gasteiger partial charge in [0.2, 0.25) is 0 Å². The van der Waals surface area contributed by atoms with Gasteiger partial charge in [-0.05, 0) is 40.5 Å². The number of rotatable bonds is 6. The molecule has 0 radical (unpaired) electrons. The second kappa shape index (κ2) is 8.89. The predicted octanol–water partition coefficient (Wildman–Crippen LogP) is 3.30. The van der Waals surface area contributed by atoms with E-state index >= 15 is 0 Å². The molecule has 0 aromatic carbocycles. The number of thiazole rings is 1. The van der Waals surface area contributed by atoms with Crippen molar-refractivity contribution in [1.82, 2.24) is 14.8 Å². The van der Waals surface area contributed by atoms with E-state index in [0.29, 0.717) is 27.6 Å². The summed E-state index contributed by atoms with van der Waals surface area (Å²) in [6.07, 6.45) is -0.537. The molecule has 2 aromatic heterocycles. The smallest absolute Gasteiger partial charge is 0.416 e. The first-order valence-electron chi connectivity index (χ1n) is 9.56. The van der Waals surface area contributed by atoms with Crippen molar-refractivity contribution >= 4 is 38.7 Å². The second-order valence-corrected chi connectivity index (χ2v) is 8.68. The minimum atomic E-state index is -0.655. The fraction of sp³-hybridized carbons (Fsp3) is 0.632. The highest BCUT2D eigenvalue weighted by Gasteiger charge is 2.27. The van der Waals surface area contributed by atoms with E-state index in [9.17, 15) is 14.4 Å². The summed E-state index contributed by atoms with van der Waals surface area (Å²) >= 11 is 1.09. The Morgan fingerprint density at radius 2 is 1.90 bits per heavy atom. The van der Waals surface area contributed by atoms with Gasteiger partial charge in [-0.2, -0.15) is 5.10 Å². The molecule has 9 nitrogen and oxygen atoms in total. The minimum absolute atomic E-state index is 0.0434. The summed E-state index contributed by atoms with van der Waals surface area (Å²) in [4.78, 5) is 43.2. The average molecular weight is 425 g/mol. The molecule has 0 saturated heterocycles. The zero-order valence-electron chi connectivity index (χ0n) is 17.9. The fourth-order valence-corrected chi connectivity index (χ4v) is 3.64. The number of carbonyl (C=O) groups excluding carboxylic acids is 2. The fourth-order valence-electron chi connectivity index (χ4n) is 2.57. The minimum Gasteiger partial charge on any atom is -0.465 e. The van der Waals surface area contributed by atoms with Gasteiger partial charge in [0.25, 0.3) is 5.56 Å². The van der Waals surface area contributed by atoms with Crippen molar-refractivity contribution in [3.8, 4) is 0 Å². The first-order valence-corrected chi connectivity index (χ1v) is 10.4. The number of hydrogen-bond acceptors (Lipinski definition) is 8. The number of hydrogen-bond donors (Lipinski definition) is 0. The highest BCUT2D eigenvalue weighted by molar-refractivity contribution is 7.22. The molecule has 0 fully saturated rings. The van der Waals surface area contributed by atoms with Gasteiger partial charge >= 0.3 is 12.1 Å². The van der Waals surface area contributed by atoms with E-state index in [1.807, 2.05) is 13.8 Å². The Labute approximate surface area is 173 Å². The molecule has 29 heavy (non-hydrogen) atoms. The Balaban J connectivity index is 2.57. The topological polar surface area (TPSA) is 104 Å². The van der Waals surface area contributed by atoms with E-state index in [2.05, 4.69) is 10.1 Å². The zero-order valence-corrected chi connectivity index (χ0v) is 18.8. The molecule has 2 aromatic rings. The summed E-state index contributed by atoms with van der Waals surface area (Å²) in [5, 5.41) is 4.69. The highest BCUT2D eigenvalue weighted by atomic mass is 32.1. The Kier molecular flexibility index (Phi) is 6.99. The van der Waals surface area contributed by atoms with Gasteiger partial charge in [0, 0.05) is 6.54 Å². The summed E-state index contributed by atoms with van der Waals surface area (Å²) in [6, 6.07) is 0. The summed E-state index contributed by atoms with van der Waals surface area (Å²) in [5.41, 5.74) is -0.0849. The number of anilines is 1. The molecule has 1 amide bonds. The molecule has 160 valence electrons. The lowest BCUT2D eigenvalue weighted by Crippen LogP contribution is -2.36. The van der Waals surface area contributed by atoms with Crippen molar-refractivity contribution < 1.29 is 19.1 Å². The third-order valence-corrected chi connectivity index (χ3v) is 4.87. The molecule has 0 spiro atoms. The maximum Gasteiger partial charge on any atom is 0.416 e. The Bertz CT molecular complexity index is 958. The Hall–Kier alpha value is -2.49. The third-order valence-electron chi connectivity index (χ3n) is 3.81. The summed E-state index contributed by atoms with van der Waals surface area (Å²) < 4.78 is 11.8. The van der Waals surface area contributed by atoms with Gasteiger partial charge in [-0.25, -0.2) is 14.5 Å². The Morgan fingerprint density at radius 1 is 1.24 bits per heavy atom. The molecular formula is C19H28N4O5S. The second-order valence-electron chi connectivity index (χ2n) is 7.71. The lowest BCUT2D eigenvalue weighted by molar-refractivity contribution is -0.144. The summed E-state index contributed by atoms with van der Waals surface area (Å²) in [5.74, 6) is -0.581. The van der Waals surface area contributed by atoms with Crippen LogP contribution in [0.1, 0.15) is 60.1 Å². The number of amides is 1. The number of fused-ring (bicyclic) bond motifs is 1. The van der Waals surface area contributed by atoms with E-state index in [4.69, 9.17) is 9.47 Å². The molecule has 0 bridgehead atoms. The first-order chi connectivity index (χ1) is 13.5. The largest absolute Gasteiger partial charge is 0.465 e. The quantitative estimate of drug-likeness (QED) is 0.655. The van der Waals surface area contributed by atoms with Crippen molar-refractivity contribution in [3.05, 3.63) is 16.0 Å². The molecule has 0 atom stereocenters. The van der Waals surface area contributed by atoms with E-state index < -0.39 is 23.2 Å². The van der Waals surface area contributed by atoms with E-state index in [1.165, 1.54) is 4.90 Å². The summed E-state index contributed by atoms with van der Waals surface area (Å²) in [7, 11) is 0. The predicted molar refractivity (Wildman–Crippen MR) is 112 cm³/mol. The SMILES string of the molecule is CCOC(=O)Cn1nc(C(C)C)c2nc(N(CC)C(=O)OC(C)(C)C)sc2c1=O. The van der Waals surface area contributed by atoms with Crippen LogP contribution in [0, 0.1) is 0 Å². The lowest BCUT2D eigenvalue weighted by Gasteiger charge is -2.24. The molecule has 10 heteroatoms. The van der Waals surface area contributed by atoms with E-state index in [0.717, 1.165) is 16.0 Å². The van der Waals surface area contributed by atoms with Gasteiger partial charge in [0.1, 0.15) is 22.4 Å². The number of ether oxygens (including phenoxy) is 2. The maximum atomic E-state index is 12.9. The Morgan fingerprint density at radius 3 is 2.41 bits per heavy atom. The molecule has 0 saturated carbocycles. The standard InChI is InChI=1S/C19H28N4O5S/c1-8-22(18(26)28-19(5,6)7)17-20-14-13(11(3)4)21-23(10-12(24)27-9-2)16(25)15(14)29-17/h11H,8-10H2,1-7H3. The van der Waals surface area contributed by atoms with Crippen molar-refractivity contribution in [2.24, 2.45) is 0 Å². The third kappa shape index (κ3) is 5.31. The number of aromatic nitrogens is 3. The summed E-state index contributed by atoms with van der Waals surface area (Å²) in [6.45, 7) is 13.0. The van der Waals surface area contributed by atoms with Crippen LogP contribution in [-0.4, -0.2) is 45.6 Å². The van der Waals surface area contributed by atoms with Crippen LogP contribution in [0.25, 0.3) is 10.2 Å². The first kappa shape index (κ1) is 22.8. The number of esters is 1. The van der Waals surface area contributed by atoms with Crippen molar-refractivity contribution in [1.29, 1.82) is 0 Å². The maximum absolute atomic E-state index is 12.9. The number of carbonyl (C=O) groups is 2. The molecule has 2 heterocycles. The van der Waals surface area contributed by atoms with Crippen molar-refractivity contribution in [2.45, 2.75) is 66.5 Å². The van der Waals surface area contributed by atoms with Crippen LogP contribution < -0.4 is 10.5 Å². The van der Waals surface area contributed by atoms with Crippen LogP contribution in [0.4, 0.5) is 9.93 Å². The molecular weight excluding hydrogens is 396 g/mol. The van der Waals surface area contributed by atoms with E-state index in [-0.39, 0.29) is 19.1 Å².